The van der Waals surface area contributed by atoms with Crippen molar-refractivity contribution in [1.82, 2.24) is 5.32 Å². The van der Waals surface area contributed by atoms with Gasteiger partial charge >= 0.3 is 6.03 Å². The number of imide groups is 2. The van der Waals surface area contributed by atoms with Gasteiger partial charge in [-0.3, -0.25) is 14.9 Å². The van der Waals surface area contributed by atoms with Gasteiger partial charge in [-0.1, -0.05) is 59.6 Å². The van der Waals surface area contributed by atoms with E-state index >= 15 is 0 Å². The van der Waals surface area contributed by atoms with E-state index in [-0.39, 0.29) is 17.9 Å². The molecule has 1 aliphatic rings. The number of halogens is 2. The second-order valence-electron chi connectivity index (χ2n) is 8.61. The van der Waals surface area contributed by atoms with Gasteiger partial charge in [-0.2, -0.15) is 0 Å². The number of hydrogen-bond acceptors (Lipinski definition) is 5. The van der Waals surface area contributed by atoms with E-state index in [9.17, 15) is 14.4 Å². The maximum Gasteiger partial charge on any atom is 0.335 e. The second kappa shape index (κ2) is 11.2. The zero-order valence-electron chi connectivity index (χ0n) is 20.7. The predicted octanol–water partition coefficient (Wildman–Crippen LogP) is 6.79. The Morgan fingerprint density at radius 3 is 2.41 bits per heavy atom. The third-order valence-electron chi connectivity index (χ3n) is 6.13. The molecule has 1 saturated heterocycles. The molecule has 0 aliphatic carbocycles. The summed E-state index contributed by atoms with van der Waals surface area (Å²) in [7, 11) is 0. The first-order chi connectivity index (χ1) is 18.9. The van der Waals surface area contributed by atoms with E-state index in [1.807, 2.05) is 37.3 Å². The third-order valence-corrected chi connectivity index (χ3v) is 6.71. The van der Waals surface area contributed by atoms with Crippen molar-refractivity contribution in [2.24, 2.45) is 0 Å². The van der Waals surface area contributed by atoms with Crippen LogP contribution in [-0.4, -0.2) is 24.5 Å². The minimum absolute atomic E-state index is 0.190. The summed E-state index contributed by atoms with van der Waals surface area (Å²) in [5.74, 6) is -0.509. The smallest absolute Gasteiger partial charge is 0.335 e. The van der Waals surface area contributed by atoms with E-state index in [0.29, 0.717) is 33.7 Å². The van der Waals surface area contributed by atoms with E-state index in [2.05, 4.69) is 5.32 Å². The molecule has 0 atom stereocenters. The van der Waals surface area contributed by atoms with Crippen LogP contribution in [0.5, 0.6) is 11.5 Å². The molecule has 196 valence electrons. The summed E-state index contributed by atoms with van der Waals surface area (Å²) in [5, 5.41) is 5.00. The van der Waals surface area contributed by atoms with Crippen LogP contribution in [0.4, 0.5) is 10.5 Å². The number of amides is 4. The van der Waals surface area contributed by atoms with Crippen molar-refractivity contribution in [1.29, 1.82) is 0 Å². The van der Waals surface area contributed by atoms with Crippen molar-refractivity contribution in [2.75, 3.05) is 11.5 Å². The highest BCUT2D eigenvalue weighted by Crippen LogP contribution is 2.32. The Labute approximate surface area is 234 Å². The number of hydrogen-bond donors (Lipinski definition) is 1. The molecule has 39 heavy (non-hydrogen) atoms. The van der Waals surface area contributed by atoms with Gasteiger partial charge in [-0.25, -0.2) is 9.69 Å². The predicted molar refractivity (Wildman–Crippen MR) is 151 cm³/mol. The highest BCUT2D eigenvalue weighted by Gasteiger charge is 2.37. The molecule has 4 aromatic rings. The molecule has 4 aromatic carbocycles. The van der Waals surface area contributed by atoms with Crippen LogP contribution in [0.2, 0.25) is 10.0 Å². The standard InChI is InChI=1S/C30H22Cl2N2O5/c1-2-38-27-14-8-18-5-3-4-6-23(18)24(27)16-25-28(35)33-30(37)34(29(25)36)21-10-12-22(13-11-21)39-17-19-7-9-20(31)15-26(19)32/h3-16H,2,17H2,1H3,(H,33,35,37)/b25-16+. The molecule has 4 amide bonds. The average Bonchev–Trinajstić information content (AvgIpc) is 2.92. The molecule has 0 unspecified atom stereocenters. The van der Waals surface area contributed by atoms with Crippen molar-refractivity contribution in [3.05, 3.63) is 106 Å². The molecule has 1 N–H and O–H groups in total. The number of carbonyl (C=O) groups excluding carboxylic acids is 3. The number of anilines is 1. The lowest BCUT2D eigenvalue weighted by molar-refractivity contribution is -0.122. The number of fused-ring (bicyclic) bond motifs is 1. The van der Waals surface area contributed by atoms with Crippen LogP contribution in [-0.2, 0) is 16.2 Å². The van der Waals surface area contributed by atoms with Crippen molar-refractivity contribution >= 4 is 63.6 Å². The fourth-order valence-corrected chi connectivity index (χ4v) is 4.70. The molecule has 0 radical (unpaired) electrons. The summed E-state index contributed by atoms with van der Waals surface area (Å²) in [6.07, 6.45) is 1.47. The van der Waals surface area contributed by atoms with Gasteiger partial charge in [0, 0.05) is 21.2 Å². The number of carbonyl (C=O) groups is 3. The van der Waals surface area contributed by atoms with Gasteiger partial charge in [0.2, 0.25) is 0 Å². The molecule has 1 fully saturated rings. The Morgan fingerprint density at radius 1 is 0.897 bits per heavy atom. The fourth-order valence-electron chi connectivity index (χ4n) is 4.23. The summed E-state index contributed by atoms with van der Waals surface area (Å²) in [6.45, 7) is 2.45. The summed E-state index contributed by atoms with van der Waals surface area (Å²) in [6, 6.07) is 21.9. The molecule has 5 rings (SSSR count). The van der Waals surface area contributed by atoms with Gasteiger partial charge in [0.15, 0.2) is 0 Å². The highest BCUT2D eigenvalue weighted by atomic mass is 35.5. The average molecular weight is 561 g/mol. The number of nitrogens with one attached hydrogen (secondary N) is 1. The van der Waals surface area contributed by atoms with Crippen LogP contribution < -0.4 is 19.7 Å². The number of urea groups is 1. The molecular weight excluding hydrogens is 539 g/mol. The Morgan fingerprint density at radius 2 is 1.67 bits per heavy atom. The van der Waals surface area contributed by atoms with E-state index in [1.165, 1.54) is 6.08 Å². The van der Waals surface area contributed by atoms with E-state index in [0.717, 1.165) is 21.2 Å². The lowest BCUT2D eigenvalue weighted by atomic mass is 9.99. The third kappa shape index (κ3) is 5.46. The van der Waals surface area contributed by atoms with Crippen LogP contribution >= 0.6 is 23.2 Å². The first-order valence-electron chi connectivity index (χ1n) is 12.1. The van der Waals surface area contributed by atoms with Crippen LogP contribution in [0.3, 0.4) is 0 Å². The number of barbiturate groups is 1. The van der Waals surface area contributed by atoms with Crippen LogP contribution in [0.1, 0.15) is 18.1 Å². The zero-order chi connectivity index (χ0) is 27.5. The first-order valence-corrected chi connectivity index (χ1v) is 12.8. The van der Waals surface area contributed by atoms with Gasteiger partial charge in [0.1, 0.15) is 23.7 Å². The monoisotopic (exact) mass is 560 g/mol. The largest absolute Gasteiger partial charge is 0.493 e. The molecule has 0 spiro atoms. The lowest BCUT2D eigenvalue weighted by Crippen LogP contribution is -2.54. The van der Waals surface area contributed by atoms with Gasteiger partial charge in [0.25, 0.3) is 11.8 Å². The zero-order valence-corrected chi connectivity index (χ0v) is 22.3. The van der Waals surface area contributed by atoms with Gasteiger partial charge < -0.3 is 9.47 Å². The van der Waals surface area contributed by atoms with Gasteiger partial charge in [-0.05, 0) is 66.2 Å². The van der Waals surface area contributed by atoms with E-state index in [4.69, 9.17) is 32.7 Å². The van der Waals surface area contributed by atoms with Crippen molar-refractivity contribution in [3.63, 3.8) is 0 Å². The SMILES string of the molecule is CCOc1ccc2ccccc2c1/C=C1\C(=O)NC(=O)N(c2ccc(OCc3ccc(Cl)cc3Cl)cc2)C1=O. The molecule has 0 aromatic heterocycles. The van der Waals surface area contributed by atoms with Gasteiger partial charge in [-0.15, -0.1) is 0 Å². The topological polar surface area (TPSA) is 84.9 Å². The Bertz CT molecular complexity index is 1630. The Kier molecular flexibility index (Phi) is 7.54. The number of rotatable bonds is 7. The molecule has 1 aliphatic heterocycles. The number of ether oxygens (including phenoxy) is 2. The molecule has 1 heterocycles. The first kappa shape index (κ1) is 26.3. The van der Waals surface area contributed by atoms with E-state index in [1.54, 1.807) is 48.5 Å². The molecule has 0 bridgehead atoms. The fraction of sp³-hybridized carbons (Fsp3) is 0.100. The summed E-state index contributed by atoms with van der Waals surface area (Å²) in [5.41, 5.74) is 1.41. The summed E-state index contributed by atoms with van der Waals surface area (Å²) in [4.78, 5) is 39.9. The lowest BCUT2D eigenvalue weighted by Gasteiger charge is -2.26. The van der Waals surface area contributed by atoms with E-state index < -0.39 is 17.8 Å². The van der Waals surface area contributed by atoms with Crippen LogP contribution in [0, 0.1) is 0 Å². The van der Waals surface area contributed by atoms with Gasteiger partial charge in [0.05, 0.1) is 12.3 Å². The maximum atomic E-state index is 13.5. The number of nitrogens with zero attached hydrogens (tertiary/aromatic N) is 1. The van der Waals surface area contributed by atoms with Crippen LogP contribution in [0.25, 0.3) is 16.8 Å². The number of benzene rings is 4. The van der Waals surface area contributed by atoms with Crippen molar-refractivity contribution < 1.29 is 23.9 Å². The normalized spacial score (nSPS) is 14.6. The molecule has 9 heteroatoms. The minimum atomic E-state index is -0.841. The Balaban J connectivity index is 1.43. The minimum Gasteiger partial charge on any atom is -0.493 e. The quantitative estimate of drug-likeness (QED) is 0.198. The molecule has 0 saturated carbocycles. The maximum absolute atomic E-state index is 13.5. The molecule has 7 nitrogen and oxygen atoms in total. The molecular formula is C30H22Cl2N2O5. The second-order valence-corrected chi connectivity index (χ2v) is 9.45. The van der Waals surface area contributed by atoms with Crippen molar-refractivity contribution in [2.45, 2.75) is 13.5 Å². The highest BCUT2D eigenvalue weighted by molar-refractivity contribution is 6.39. The van der Waals surface area contributed by atoms with Crippen molar-refractivity contribution in [3.8, 4) is 11.5 Å². The summed E-state index contributed by atoms with van der Waals surface area (Å²) < 4.78 is 11.6. The van der Waals surface area contributed by atoms with Crippen LogP contribution in [0.15, 0.2) is 84.4 Å². The Hall–Kier alpha value is -4.33. The summed E-state index contributed by atoms with van der Waals surface area (Å²) >= 11 is 12.1.